The normalized spacial score (nSPS) is 12.3. The van der Waals surface area contributed by atoms with Crippen molar-refractivity contribution in [1.82, 2.24) is 10.2 Å². The number of benzene rings is 4. The van der Waals surface area contributed by atoms with Crippen LogP contribution in [0.25, 0.3) is 0 Å². The minimum Gasteiger partial charge on any atom is -0.350 e. The summed E-state index contributed by atoms with van der Waals surface area (Å²) in [5, 5.41) is 3.77. The van der Waals surface area contributed by atoms with Crippen molar-refractivity contribution < 1.29 is 18.0 Å². The number of anilines is 1. The van der Waals surface area contributed by atoms with E-state index < -0.39 is 34.1 Å². The summed E-state index contributed by atoms with van der Waals surface area (Å²) in [6.07, 6.45) is 0.959. The molecule has 0 radical (unpaired) electrons. The van der Waals surface area contributed by atoms with E-state index in [4.69, 9.17) is 23.2 Å². The molecular formula is C36H39Cl2N3O4S. The second-order valence-electron chi connectivity index (χ2n) is 12.0. The van der Waals surface area contributed by atoms with Crippen LogP contribution in [-0.4, -0.2) is 43.3 Å². The van der Waals surface area contributed by atoms with Crippen LogP contribution in [0.3, 0.4) is 0 Å². The number of carbonyl (C=O) groups excluding carboxylic acids is 2. The number of nitrogens with one attached hydrogen (secondary N) is 1. The van der Waals surface area contributed by atoms with Crippen molar-refractivity contribution in [2.75, 3.05) is 10.8 Å². The Hall–Kier alpha value is -3.85. The van der Waals surface area contributed by atoms with Gasteiger partial charge in [0, 0.05) is 28.5 Å². The van der Waals surface area contributed by atoms with Crippen molar-refractivity contribution in [2.45, 2.75) is 63.6 Å². The molecule has 0 spiro atoms. The van der Waals surface area contributed by atoms with Crippen LogP contribution in [0.4, 0.5) is 5.69 Å². The molecule has 2 amide bonds. The minimum absolute atomic E-state index is 0.0426. The molecule has 0 aromatic heterocycles. The molecule has 4 rings (SSSR count). The zero-order valence-electron chi connectivity index (χ0n) is 26.4. The first kappa shape index (κ1) is 35.0. The zero-order chi connectivity index (χ0) is 33.5. The average Bonchev–Trinajstić information content (AvgIpc) is 3.02. The molecule has 0 bridgehead atoms. The van der Waals surface area contributed by atoms with Crippen LogP contribution in [0.5, 0.6) is 0 Å². The molecule has 0 saturated heterocycles. The summed E-state index contributed by atoms with van der Waals surface area (Å²) in [7, 11) is -4.18. The molecule has 0 fully saturated rings. The summed E-state index contributed by atoms with van der Waals surface area (Å²) in [6, 6.07) is 28.4. The van der Waals surface area contributed by atoms with Gasteiger partial charge in [-0.15, -0.1) is 0 Å². The maximum absolute atomic E-state index is 14.6. The second-order valence-corrected chi connectivity index (χ2v) is 14.8. The van der Waals surface area contributed by atoms with Crippen molar-refractivity contribution in [3.05, 3.63) is 130 Å². The van der Waals surface area contributed by atoms with E-state index in [1.54, 1.807) is 48.5 Å². The SMILES string of the molecule is CCc1ccc(N(CC(=O)N(Cc2ccc(Cl)cc2Cl)C(Cc2ccccc2)C(=O)NC(C)(C)C)S(=O)(=O)c2ccccc2)cc1. The van der Waals surface area contributed by atoms with Gasteiger partial charge in [0.2, 0.25) is 11.8 Å². The highest BCUT2D eigenvalue weighted by Gasteiger charge is 2.36. The number of amides is 2. The molecular weight excluding hydrogens is 641 g/mol. The molecule has 4 aromatic rings. The number of aryl methyl sites for hydroxylation is 1. The number of rotatable bonds is 12. The largest absolute Gasteiger partial charge is 0.350 e. The molecule has 1 N–H and O–H groups in total. The van der Waals surface area contributed by atoms with Gasteiger partial charge in [0.05, 0.1) is 10.6 Å². The number of nitrogens with zero attached hydrogens (tertiary/aromatic N) is 2. The molecule has 10 heteroatoms. The number of halogens is 2. The topological polar surface area (TPSA) is 86.8 Å². The van der Waals surface area contributed by atoms with Crippen LogP contribution in [0.1, 0.15) is 44.4 Å². The number of hydrogen-bond donors (Lipinski definition) is 1. The smallest absolute Gasteiger partial charge is 0.264 e. The Labute approximate surface area is 282 Å². The molecule has 242 valence electrons. The highest BCUT2D eigenvalue weighted by molar-refractivity contribution is 7.92. The monoisotopic (exact) mass is 679 g/mol. The molecule has 0 heterocycles. The van der Waals surface area contributed by atoms with E-state index in [1.165, 1.54) is 17.0 Å². The first-order chi connectivity index (χ1) is 21.8. The van der Waals surface area contributed by atoms with Gasteiger partial charge >= 0.3 is 0 Å². The van der Waals surface area contributed by atoms with E-state index in [0.717, 1.165) is 21.9 Å². The Kier molecular flexibility index (Phi) is 11.5. The van der Waals surface area contributed by atoms with E-state index in [2.05, 4.69) is 5.32 Å². The summed E-state index contributed by atoms with van der Waals surface area (Å²) >= 11 is 12.8. The predicted molar refractivity (Wildman–Crippen MR) is 186 cm³/mol. The molecule has 1 atom stereocenters. The highest BCUT2D eigenvalue weighted by Crippen LogP contribution is 2.27. The molecule has 7 nitrogen and oxygen atoms in total. The quantitative estimate of drug-likeness (QED) is 0.170. The van der Waals surface area contributed by atoms with E-state index in [0.29, 0.717) is 21.3 Å². The minimum atomic E-state index is -4.18. The first-order valence-electron chi connectivity index (χ1n) is 15.0. The van der Waals surface area contributed by atoms with Crippen molar-refractivity contribution in [3.63, 3.8) is 0 Å². The van der Waals surface area contributed by atoms with Gasteiger partial charge in [-0.2, -0.15) is 0 Å². The molecule has 46 heavy (non-hydrogen) atoms. The Morgan fingerprint density at radius 2 is 1.43 bits per heavy atom. The third-order valence-electron chi connectivity index (χ3n) is 7.37. The van der Waals surface area contributed by atoms with E-state index in [9.17, 15) is 18.0 Å². The Morgan fingerprint density at radius 1 is 0.826 bits per heavy atom. The van der Waals surface area contributed by atoms with Crippen LogP contribution in [0.2, 0.25) is 10.0 Å². The first-order valence-corrected chi connectivity index (χ1v) is 17.2. The summed E-state index contributed by atoms with van der Waals surface area (Å²) in [4.78, 5) is 30.0. The van der Waals surface area contributed by atoms with Crippen LogP contribution in [0, 0.1) is 0 Å². The fourth-order valence-electron chi connectivity index (χ4n) is 4.99. The van der Waals surface area contributed by atoms with Crippen molar-refractivity contribution >= 4 is 50.7 Å². The second kappa shape index (κ2) is 15.2. The highest BCUT2D eigenvalue weighted by atomic mass is 35.5. The van der Waals surface area contributed by atoms with Crippen LogP contribution in [-0.2, 0) is 39.0 Å². The van der Waals surface area contributed by atoms with Gasteiger partial charge in [-0.05, 0) is 80.3 Å². The maximum Gasteiger partial charge on any atom is 0.264 e. The third kappa shape index (κ3) is 9.12. The maximum atomic E-state index is 14.6. The van der Waals surface area contributed by atoms with Crippen molar-refractivity contribution in [1.29, 1.82) is 0 Å². The van der Waals surface area contributed by atoms with Crippen molar-refractivity contribution in [2.24, 2.45) is 0 Å². The number of hydrogen-bond acceptors (Lipinski definition) is 4. The van der Waals surface area contributed by atoms with Gasteiger partial charge in [0.25, 0.3) is 10.0 Å². The summed E-state index contributed by atoms with van der Waals surface area (Å²) in [5.41, 5.74) is 2.15. The molecule has 0 saturated carbocycles. The Morgan fingerprint density at radius 3 is 2.00 bits per heavy atom. The predicted octanol–water partition coefficient (Wildman–Crippen LogP) is 7.31. The van der Waals surface area contributed by atoms with Crippen LogP contribution >= 0.6 is 23.2 Å². The number of sulfonamides is 1. The molecule has 1 unspecified atom stereocenters. The van der Waals surface area contributed by atoms with Gasteiger partial charge < -0.3 is 10.2 Å². The summed E-state index contributed by atoms with van der Waals surface area (Å²) in [6.45, 7) is 6.98. The van der Waals surface area contributed by atoms with Gasteiger partial charge in [0.15, 0.2) is 0 Å². The van der Waals surface area contributed by atoms with E-state index in [-0.39, 0.29) is 23.8 Å². The summed E-state index contributed by atoms with van der Waals surface area (Å²) in [5.74, 6) is -0.949. The van der Waals surface area contributed by atoms with Crippen LogP contribution in [0.15, 0.2) is 108 Å². The summed E-state index contributed by atoms with van der Waals surface area (Å²) < 4.78 is 29.3. The number of carbonyl (C=O) groups is 2. The Bertz CT molecular complexity index is 1740. The van der Waals surface area contributed by atoms with Gasteiger partial charge in [-0.25, -0.2) is 8.42 Å². The molecule has 0 aliphatic carbocycles. The molecule has 4 aromatic carbocycles. The lowest BCUT2D eigenvalue weighted by Gasteiger charge is -2.35. The fourth-order valence-corrected chi connectivity index (χ4v) is 6.89. The lowest BCUT2D eigenvalue weighted by atomic mass is 10.0. The average molecular weight is 681 g/mol. The lowest BCUT2D eigenvalue weighted by Crippen LogP contribution is -2.56. The standard InChI is InChI=1S/C36H39Cl2N3O4S/c1-5-26-16-20-30(21-17-26)41(46(44,45)31-14-10-7-11-15-31)25-34(42)40(24-28-18-19-29(37)23-32(28)38)33(35(43)39-36(2,3)4)22-27-12-8-6-9-13-27/h6-21,23,33H,5,22,24-25H2,1-4H3,(H,39,43). The Balaban J connectivity index is 1.83. The lowest BCUT2D eigenvalue weighted by molar-refractivity contribution is -0.140. The molecule has 0 aliphatic rings. The fraction of sp³-hybridized carbons (Fsp3) is 0.278. The van der Waals surface area contributed by atoms with Crippen LogP contribution < -0.4 is 9.62 Å². The van der Waals surface area contributed by atoms with Gasteiger partial charge in [-0.3, -0.25) is 13.9 Å². The van der Waals surface area contributed by atoms with Crippen molar-refractivity contribution in [3.8, 4) is 0 Å². The van der Waals surface area contributed by atoms with Gasteiger partial charge in [-0.1, -0.05) is 96.9 Å². The molecule has 0 aliphatic heterocycles. The van der Waals surface area contributed by atoms with E-state index in [1.807, 2.05) is 70.2 Å². The zero-order valence-corrected chi connectivity index (χ0v) is 28.7. The third-order valence-corrected chi connectivity index (χ3v) is 9.74. The van der Waals surface area contributed by atoms with Gasteiger partial charge in [0.1, 0.15) is 12.6 Å². The van der Waals surface area contributed by atoms with E-state index >= 15 is 0 Å².